The lowest BCUT2D eigenvalue weighted by molar-refractivity contribution is 0.167. The van der Waals surface area contributed by atoms with Crippen LogP contribution in [0.15, 0.2) is 84.4 Å². The maximum absolute atomic E-state index is 6.15. The Morgan fingerprint density at radius 2 is 1.03 bits per heavy atom. The van der Waals surface area contributed by atoms with E-state index in [-0.39, 0.29) is 0 Å². The summed E-state index contributed by atoms with van der Waals surface area (Å²) >= 11 is 0. The van der Waals surface area contributed by atoms with Gasteiger partial charge in [0.1, 0.15) is 52.0 Å². The molecule has 166 valence electrons. The first-order chi connectivity index (χ1) is 15.7. The largest absolute Gasteiger partial charge is 0.497 e. The number of allylic oxidation sites excluding steroid dienone is 1. The Balaban J connectivity index is 1.98. The highest BCUT2D eigenvalue weighted by atomic mass is 31.2. The number of benzene rings is 3. The first kappa shape index (κ1) is 22.2. The van der Waals surface area contributed by atoms with E-state index in [0.29, 0.717) is 0 Å². The lowest BCUT2D eigenvalue weighted by Gasteiger charge is -2.26. The van der Waals surface area contributed by atoms with Gasteiger partial charge in [0.25, 0.3) is 0 Å². The van der Waals surface area contributed by atoms with Crippen molar-refractivity contribution in [2.75, 3.05) is 27.9 Å². The van der Waals surface area contributed by atoms with Gasteiger partial charge in [-0.25, -0.2) is 0 Å². The van der Waals surface area contributed by atoms with E-state index < -0.39 is 7.26 Å². The summed E-state index contributed by atoms with van der Waals surface area (Å²) in [5.74, 6) is 6.01. The Hall–Kier alpha value is -2.97. The molecule has 1 saturated heterocycles. The predicted molar refractivity (Wildman–Crippen MR) is 133 cm³/mol. The van der Waals surface area contributed by atoms with E-state index in [1.165, 1.54) is 15.9 Å². The first-order valence-electron chi connectivity index (χ1n) is 10.9. The second-order valence-electron chi connectivity index (χ2n) is 7.72. The van der Waals surface area contributed by atoms with Crippen LogP contribution in [-0.2, 0) is 4.74 Å². The van der Waals surface area contributed by atoms with Crippen molar-refractivity contribution in [2.24, 2.45) is 0 Å². The summed E-state index contributed by atoms with van der Waals surface area (Å²) < 4.78 is 22.5. The van der Waals surface area contributed by atoms with Gasteiger partial charge >= 0.3 is 0 Å². The Kier molecular flexibility index (Phi) is 7.02. The molecule has 5 heteroatoms. The molecule has 3 aromatic carbocycles. The molecule has 0 unspecified atom stereocenters. The van der Waals surface area contributed by atoms with Gasteiger partial charge in [0.05, 0.1) is 27.9 Å². The summed E-state index contributed by atoms with van der Waals surface area (Å²) in [6.07, 6.45) is 3.22. The standard InChI is InChI=1S/C27H30O4P/c1-28-21-7-13-25(14-8-21)32(20-24-6-4-5-19-31-24,26-15-9-22(29-2)10-16-26)27-17-11-23(30-3)12-18-27/h7-18,20H,4-6,19H2,1-3H3/q+1. The van der Waals surface area contributed by atoms with Gasteiger partial charge in [0.15, 0.2) is 0 Å². The zero-order chi connectivity index (χ0) is 22.4. The van der Waals surface area contributed by atoms with Gasteiger partial charge in [0, 0.05) is 6.42 Å². The second kappa shape index (κ2) is 10.1. The highest BCUT2D eigenvalue weighted by Crippen LogP contribution is 2.58. The van der Waals surface area contributed by atoms with Crippen LogP contribution >= 0.6 is 7.26 Å². The lowest BCUT2D eigenvalue weighted by atomic mass is 10.2. The van der Waals surface area contributed by atoms with Crippen LogP contribution in [0.4, 0.5) is 0 Å². The minimum absolute atomic E-state index is 0.777. The highest BCUT2D eigenvalue weighted by Gasteiger charge is 2.45. The quantitative estimate of drug-likeness (QED) is 0.473. The van der Waals surface area contributed by atoms with Crippen LogP contribution in [-0.4, -0.2) is 27.9 Å². The SMILES string of the molecule is COc1ccc([P+](C=C2CCCCO2)(c2ccc(OC)cc2)c2ccc(OC)cc2)cc1. The van der Waals surface area contributed by atoms with Crippen LogP contribution in [0.3, 0.4) is 0 Å². The first-order valence-corrected chi connectivity index (χ1v) is 12.7. The highest BCUT2D eigenvalue weighted by molar-refractivity contribution is 7.98. The molecule has 0 radical (unpaired) electrons. The molecule has 1 aliphatic rings. The molecule has 1 heterocycles. The van der Waals surface area contributed by atoms with Gasteiger partial charge < -0.3 is 18.9 Å². The summed E-state index contributed by atoms with van der Waals surface area (Å²) in [5.41, 5.74) is 0. The average Bonchev–Trinajstić information content (AvgIpc) is 2.88. The van der Waals surface area contributed by atoms with Crippen LogP contribution in [0.2, 0.25) is 0 Å². The van der Waals surface area contributed by atoms with E-state index in [4.69, 9.17) is 18.9 Å². The topological polar surface area (TPSA) is 36.9 Å². The normalized spacial score (nSPS) is 15.2. The molecule has 0 atom stereocenters. The van der Waals surface area contributed by atoms with E-state index in [2.05, 4.69) is 42.2 Å². The van der Waals surface area contributed by atoms with Crippen molar-refractivity contribution >= 4 is 23.2 Å². The molecule has 0 bridgehead atoms. The third-order valence-electron chi connectivity index (χ3n) is 5.88. The molecule has 4 nitrogen and oxygen atoms in total. The Morgan fingerprint density at radius 3 is 1.34 bits per heavy atom. The number of hydrogen-bond acceptors (Lipinski definition) is 4. The molecule has 0 aliphatic carbocycles. The summed E-state index contributed by atoms with van der Waals surface area (Å²) in [4.78, 5) is 0. The zero-order valence-electron chi connectivity index (χ0n) is 18.9. The molecule has 1 aliphatic heterocycles. The van der Waals surface area contributed by atoms with Crippen LogP contribution in [0, 0.1) is 0 Å². The summed E-state index contributed by atoms with van der Waals surface area (Å²) in [6.45, 7) is 0.777. The Morgan fingerprint density at radius 1 is 0.625 bits per heavy atom. The molecular weight excluding hydrogens is 419 g/mol. The van der Waals surface area contributed by atoms with Crippen LogP contribution in [0.1, 0.15) is 19.3 Å². The van der Waals surface area contributed by atoms with E-state index in [1.54, 1.807) is 21.3 Å². The monoisotopic (exact) mass is 449 g/mol. The molecule has 0 N–H and O–H groups in total. The minimum atomic E-state index is -2.17. The fraction of sp³-hybridized carbons (Fsp3) is 0.259. The molecule has 0 aromatic heterocycles. The fourth-order valence-corrected chi connectivity index (χ4v) is 7.95. The summed E-state index contributed by atoms with van der Waals surface area (Å²) in [6, 6.07) is 25.3. The number of methoxy groups -OCH3 is 3. The fourth-order valence-electron chi connectivity index (χ4n) is 4.12. The van der Waals surface area contributed by atoms with Gasteiger partial charge in [-0.2, -0.15) is 0 Å². The van der Waals surface area contributed by atoms with Crippen LogP contribution in [0.25, 0.3) is 0 Å². The number of hydrogen-bond donors (Lipinski definition) is 0. The molecule has 0 saturated carbocycles. The second-order valence-corrected chi connectivity index (χ2v) is 11.0. The van der Waals surface area contributed by atoms with Gasteiger partial charge in [-0.05, 0) is 85.6 Å². The lowest BCUT2D eigenvalue weighted by Crippen LogP contribution is -2.30. The predicted octanol–water partition coefficient (Wildman–Crippen LogP) is 5.05. The van der Waals surface area contributed by atoms with Gasteiger partial charge in [-0.15, -0.1) is 0 Å². The minimum Gasteiger partial charge on any atom is -0.497 e. The van der Waals surface area contributed by atoms with Crippen molar-refractivity contribution < 1.29 is 18.9 Å². The van der Waals surface area contributed by atoms with Crippen molar-refractivity contribution in [3.05, 3.63) is 84.4 Å². The van der Waals surface area contributed by atoms with E-state index >= 15 is 0 Å². The van der Waals surface area contributed by atoms with Crippen molar-refractivity contribution in [2.45, 2.75) is 19.3 Å². The van der Waals surface area contributed by atoms with Crippen molar-refractivity contribution in [3.8, 4) is 17.2 Å². The maximum Gasteiger partial charge on any atom is 0.140 e. The third-order valence-corrected chi connectivity index (χ3v) is 9.90. The molecule has 4 rings (SSSR count). The smallest absolute Gasteiger partial charge is 0.140 e. The van der Waals surface area contributed by atoms with Gasteiger partial charge in [-0.1, -0.05) is 0 Å². The number of ether oxygens (including phenoxy) is 4. The van der Waals surface area contributed by atoms with Crippen LogP contribution in [0.5, 0.6) is 17.2 Å². The molecule has 32 heavy (non-hydrogen) atoms. The average molecular weight is 450 g/mol. The zero-order valence-corrected chi connectivity index (χ0v) is 19.8. The molecule has 1 fully saturated rings. The number of rotatable bonds is 7. The van der Waals surface area contributed by atoms with Gasteiger partial charge in [0.2, 0.25) is 0 Å². The summed E-state index contributed by atoms with van der Waals surface area (Å²) in [5, 5.41) is 3.74. The van der Waals surface area contributed by atoms with Crippen LogP contribution < -0.4 is 30.1 Å². The Labute approximate surface area is 191 Å². The van der Waals surface area contributed by atoms with Crippen molar-refractivity contribution in [1.29, 1.82) is 0 Å². The molecule has 0 spiro atoms. The summed E-state index contributed by atoms with van der Waals surface area (Å²) in [7, 11) is 2.92. The maximum atomic E-state index is 6.15. The van der Waals surface area contributed by atoms with Gasteiger partial charge in [-0.3, -0.25) is 0 Å². The molecule has 3 aromatic rings. The third kappa shape index (κ3) is 4.47. The Bertz CT molecular complexity index is 917. The van der Waals surface area contributed by atoms with Crippen molar-refractivity contribution in [1.82, 2.24) is 0 Å². The van der Waals surface area contributed by atoms with E-state index in [0.717, 1.165) is 48.9 Å². The van der Waals surface area contributed by atoms with E-state index in [1.807, 2.05) is 36.4 Å². The molecule has 0 amide bonds. The van der Waals surface area contributed by atoms with E-state index in [9.17, 15) is 0 Å². The van der Waals surface area contributed by atoms with Crippen molar-refractivity contribution in [3.63, 3.8) is 0 Å². The molecular formula is C27H30O4P+.